The molecule has 5 nitrogen and oxygen atoms in total. The van der Waals surface area contributed by atoms with Gasteiger partial charge in [-0.15, -0.1) is 0 Å². The summed E-state index contributed by atoms with van der Waals surface area (Å²) in [6.45, 7) is 7.49. The molecule has 0 radical (unpaired) electrons. The van der Waals surface area contributed by atoms with E-state index in [9.17, 15) is 8.42 Å². The highest BCUT2D eigenvalue weighted by molar-refractivity contribution is 7.90. The fourth-order valence-corrected chi connectivity index (χ4v) is 3.11. The van der Waals surface area contributed by atoms with E-state index in [4.69, 9.17) is 14.4 Å². The van der Waals surface area contributed by atoms with Crippen molar-refractivity contribution in [2.24, 2.45) is 5.14 Å². The molecule has 1 atom stereocenters. The van der Waals surface area contributed by atoms with E-state index in [0.29, 0.717) is 5.56 Å². The van der Waals surface area contributed by atoms with Gasteiger partial charge in [0.2, 0.25) is 10.0 Å². The summed E-state index contributed by atoms with van der Waals surface area (Å²) in [5.41, 5.74) is -0.640. The fourth-order valence-electron chi connectivity index (χ4n) is 2.16. The van der Waals surface area contributed by atoms with Crippen LogP contribution in [0.5, 0.6) is 0 Å². The molecule has 0 spiro atoms. The van der Waals surface area contributed by atoms with Crippen molar-refractivity contribution in [3.05, 3.63) is 35.9 Å². The average Bonchev–Trinajstić information content (AvgIpc) is 2.47. The molecule has 1 aromatic rings. The van der Waals surface area contributed by atoms with Crippen molar-refractivity contribution in [2.75, 3.05) is 0 Å². The molecule has 0 aromatic heterocycles. The van der Waals surface area contributed by atoms with Crippen LogP contribution < -0.4 is 5.14 Å². The lowest BCUT2D eigenvalue weighted by Crippen LogP contribution is -2.41. The first-order valence-corrected chi connectivity index (χ1v) is 8.08. The van der Waals surface area contributed by atoms with Crippen LogP contribution in [0.3, 0.4) is 0 Å². The molecular weight excluding hydrogens is 277 g/mol. The molecule has 1 unspecified atom stereocenters. The number of rotatable bonds is 3. The van der Waals surface area contributed by atoms with Crippen LogP contribution in [0.1, 0.15) is 38.4 Å². The molecular formula is C13H20BNO4S. The Hall–Kier alpha value is -0.885. The van der Waals surface area contributed by atoms with Crippen LogP contribution >= 0.6 is 0 Å². The zero-order chi connectivity index (χ0) is 15.2. The maximum absolute atomic E-state index is 12.0. The Morgan fingerprint density at radius 1 is 1.05 bits per heavy atom. The highest BCUT2D eigenvalue weighted by Crippen LogP contribution is 2.41. The first-order chi connectivity index (χ1) is 9.05. The van der Waals surface area contributed by atoms with Crippen molar-refractivity contribution in [2.45, 2.75) is 44.0 Å². The predicted octanol–water partition coefficient (Wildman–Crippen LogP) is 1.65. The smallest absolute Gasteiger partial charge is 0.402 e. The quantitative estimate of drug-likeness (QED) is 0.860. The van der Waals surface area contributed by atoms with Crippen LogP contribution in [0.25, 0.3) is 0 Å². The van der Waals surface area contributed by atoms with Gasteiger partial charge in [-0.2, -0.15) is 0 Å². The molecule has 0 amide bonds. The Morgan fingerprint density at radius 2 is 1.50 bits per heavy atom. The van der Waals surface area contributed by atoms with Gasteiger partial charge in [-0.3, -0.25) is 0 Å². The first kappa shape index (κ1) is 15.5. The first-order valence-electron chi connectivity index (χ1n) is 6.47. The Morgan fingerprint density at radius 3 is 1.90 bits per heavy atom. The molecule has 1 fully saturated rings. The summed E-state index contributed by atoms with van der Waals surface area (Å²) in [5, 5.41) is 4.34. The van der Waals surface area contributed by atoms with E-state index in [1.807, 2.05) is 33.8 Å². The number of primary sulfonamides is 1. The fraction of sp³-hybridized carbons (Fsp3) is 0.538. The largest absolute Gasteiger partial charge is 0.483 e. The molecule has 1 saturated heterocycles. The van der Waals surface area contributed by atoms with Crippen LogP contribution in [0.2, 0.25) is 0 Å². The Bertz CT molecular complexity index is 570. The summed E-state index contributed by atoms with van der Waals surface area (Å²) >= 11 is 0. The Kier molecular flexibility index (Phi) is 3.75. The van der Waals surface area contributed by atoms with Gasteiger partial charge in [-0.05, 0) is 33.3 Å². The number of hydrogen-bond donors (Lipinski definition) is 1. The van der Waals surface area contributed by atoms with Crippen molar-refractivity contribution >= 4 is 17.1 Å². The normalized spacial score (nSPS) is 22.8. The van der Waals surface area contributed by atoms with Gasteiger partial charge in [-0.1, -0.05) is 30.3 Å². The van der Waals surface area contributed by atoms with Crippen LogP contribution in [-0.4, -0.2) is 26.7 Å². The van der Waals surface area contributed by atoms with Gasteiger partial charge in [0.05, 0.1) is 11.2 Å². The molecule has 0 saturated carbocycles. The van der Waals surface area contributed by atoms with E-state index in [1.54, 1.807) is 24.3 Å². The SMILES string of the molecule is CC1(C)OB(C(c2ccccc2)S(N)(=O)=O)OC1(C)C. The average molecular weight is 297 g/mol. The van der Waals surface area contributed by atoms with E-state index in [-0.39, 0.29) is 0 Å². The predicted molar refractivity (Wildman–Crippen MR) is 78.4 cm³/mol. The van der Waals surface area contributed by atoms with E-state index < -0.39 is 33.5 Å². The summed E-state index contributed by atoms with van der Waals surface area (Å²) in [7, 11) is -4.77. The van der Waals surface area contributed by atoms with E-state index in [2.05, 4.69) is 0 Å². The maximum Gasteiger partial charge on any atom is 0.483 e. The van der Waals surface area contributed by atoms with Gasteiger partial charge in [0.1, 0.15) is 5.15 Å². The highest BCUT2D eigenvalue weighted by atomic mass is 32.2. The summed E-state index contributed by atoms with van der Waals surface area (Å²) < 4.78 is 35.6. The monoisotopic (exact) mass is 297 g/mol. The Balaban J connectivity index is 2.42. The number of sulfonamides is 1. The van der Waals surface area contributed by atoms with Gasteiger partial charge >= 0.3 is 7.12 Å². The summed E-state index contributed by atoms with van der Waals surface area (Å²) in [5.74, 6) is 0. The standard InChI is InChI=1S/C13H20BNO4S/c1-12(2)13(3,4)19-14(18-12)11(20(15,16)17)10-8-6-5-7-9-10/h5-9,11H,1-4H3,(H2,15,16,17). The third-order valence-corrected chi connectivity index (χ3v) is 5.20. The lowest BCUT2D eigenvalue weighted by Gasteiger charge is -2.32. The van der Waals surface area contributed by atoms with E-state index in [0.717, 1.165) is 0 Å². The highest BCUT2D eigenvalue weighted by Gasteiger charge is 2.56. The van der Waals surface area contributed by atoms with Crippen molar-refractivity contribution in [3.8, 4) is 0 Å². The second-order valence-electron chi connectivity index (χ2n) is 6.05. The van der Waals surface area contributed by atoms with Crippen LogP contribution in [0, 0.1) is 0 Å². The van der Waals surface area contributed by atoms with Gasteiger partial charge < -0.3 is 9.31 Å². The van der Waals surface area contributed by atoms with Gasteiger partial charge in [-0.25, -0.2) is 13.6 Å². The number of benzene rings is 1. The topological polar surface area (TPSA) is 78.6 Å². The molecule has 7 heteroatoms. The maximum atomic E-state index is 12.0. The zero-order valence-corrected chi connectivity index (χ0v) is 13.0. The number of hydrogen-bond acceptors (Lipinski definition) is 4. The van der Waals surface area contributed by atoms with Crippen LogP contribution in [0.4, 0.5) is 0 Å². The molecule has 0 aliphatic carbocycles. The van der Waals surface area contributed by atoms with Gasteiger partial charge in [0.25, 0.3) is 0 Å². The molecule has 2 rings (SSSR count). The molecule has 1 aromatic carbocycles. The molecule has 20 heavy (non-hydrogen) atoms. The van der Waals surface area contributed by atoms with Gasteiger partial charge in [0.15, 0.2) is 0 Å². The zero-order valence-electron chi connectivity index (χ0n) is 12.2. The minimum atomic E-state index is -3.85. The van der Waals surface area contributed by atoms with Crippen molar-refractivity contribution in [1.29, 1.82) is 0 Å². The lowest BCUT2D eigenvalue weighted by molar-refractivity contribution is 0.00578. The number of nitrogens with two attached hydrogens (primary N) is 1. The minimum absolute atomic E-state index is 0.563. The second-order valence-corrected chi connectivity index (χ2v) is 7.73. The molecule has 1 aliphatic rings. The third-order valence-electron chi connectivity index (χ3n) is 4.00. The molecule has 2 N–H and O–H groups in total. The molecule has 1 heterocycles. The molecule has 1 aliphatic heterocycles. The minimum Gasteiger partial charge on any atom is -0.402 e. The molecule has 110 valence electrons. The van der Waals surface area contributed by atoms with Crippen molar-refractivity contribution in [1.82, 2.24) is 0 Å². The second kappa shape index (κ2) is 4.84. The van der Waals surface area contributed by atoms with Crippen LogP contribution in [-0.2, 0) is 19.3 Å². The van der Waals surface area contributed by atoms with Gasteiger partial charge in [0, 0.05) is 0 Å². The van der Waals surface area contributed by atoms with Crippen LogP contribution in [0.15, 0.2) is 30.3 Å². The van der Waals surface area contributed by atoms with Crippen molar-refractivity contribution in [3.63, 3.8) is 0 Å². The summed E-state index contributed by atoms with van der Waals surface area (Å²) in [6.07, 6.45) is 0. The Labute approximate surface area is 120 Å². The van der Waals surface area contributed by atoms with Crippen molar-refractivity contribution < 1.29 is 17.7 Å². The summed E-state index contributed by atoms with van der Waals surface area (Å²) in [6, 6.07) is 8.76. The van der Waals surface area contributed by atoms with E-state index in [1.165, 1.54) is 0 Å². The molecule has 0 bridgehead atoms. The summed E-state index contributed by atoms with van der Waals surface area (Å²) in [4.78, 5) is 0. The van der Waals surface area contributed by atoms with E-state index >= 15 is 0 Å². The third kappa shape index (κ3) is 2.76. The lowest BCUT2D eigenvalue weighted by atomic mass is 9.80.